The molecule has 1 aromatic rings. The highest BCUT2D eigenvalue weighted by Crippen LogP contribution is 2.23. The topological polar surface area (TPSA) is 24.3 Å². The van der Waals surface area contributed by atoms with Crippen LogP contribution in [0.25, 0.3) is 0 Å². The van der Waals surface area contributed by atoms with Crippen LogP contribution in [0.4, 0.5) is 5.69 Å². The Morgan fingerprint density at radius 1 is 1.28 bits per heavy atom. The smallest absolute Gasteiger partial charge is 0.163 e. The van der Waals surface area contributed by atoms with Crippen molar-refractivity contribution >= 4 is 5.69 Å². The van der Waals surface area contributed by atoms with Crippen LogP contribution in [0.3, 0.4) is 0 Å². The van der Waals surface area contributed by atoms with Crippen LogP contribution in [0.1, 0.15) is 31.0 Å². The highest BCUT2D eigenvalue weighted by Gasteiger charge is 2.27. The summed E-state index contributed by atoms with van der Waals surface area (Å²) < 4.78 is 0. The van der Waals surface area contributed by atoms with Crippen LogP contribution in [-0.2, 0) is 6.54 Å². The minimum absolute atomic E-state index is 0.638. The molecular formula is C15H27N3+2. The van der Waals surface area contributed by atoms with Gasteiger partial charge in [-0.05, 0) is 26.0 Å². The van der Waals surface area contributed by atoms with E-state index in [1.807, 2.05) is 0 Å². The summed E-state index contributed by atoms with van der Waals surface area (Å²) in [5, 5.41) is 2.44. The Hall–Kier alpha value is -1.06. The summed E-state index contributed by atoms with van der Waals surface area (Å²) in [6.07, 6.45) is 0. The van der Waals surface area contributed by atoms with Crippen molar-refractivity contribution in [3.05, 3.63) is 29.3 Å². The maximum absolute atomic E-state index is 2.44. The lowest BCUT2D eigenvalue weighted by Crippen LogP contribution is -3.10. The fraction of sp³-hybridized carbons (Fsp3) is 0.600. The monoisotopic (exact) mass is 249 g/mol. The zero-order chi connectivity index (χ0) is 13.1. The molecule has 0 radical (unpaired) electrons. The minimum atomic E-state index is 0.638. The third-order valence-electron chi connectivity index (χ3n) is 4.09. The summed E-state index contributed by atoms with van der Waals surface area (Å²) in [6, 6.07) is 7.69. The molecule has 3 N–H and O–H groups in total. The van der Waals surface area contributed by atoms with Crippen molar-refractivity contribution in [2.45, 2.75) is 26.4 Å². The zero-order valence-corrected chi connectivity index (χ0v) is 12.2. The van der Waals surface area contributed by atoms with E-state index in [2.05, 4.69) is 56.4 Å². The van der Waals surface area contributed by atoms with E-state index in [0.717, 1.165) is 19.6 Å². The Bertz CT molecular complexity index is 397. The van der Waals surface area contributed by atoms with E-state index in [0.29, 0.717) is 6.04 Å². The van der Waals surface area contributed by atoms with Gasteiger partial charge in [0.15, 0.2) is 6.04 Å². The number of likely N-dealkylation sites (N-methyl/N-ethyl adjacent to an activating group) is 1. The molecule has 0 aliphatic carbocycles. The lowest BCUT2D eigenvalue weighted by Gasteiger charge is -2.28. The minimum Gasteiger partial charge on any atom is -0.372 e. The van der Waals surface area contributed by atoms with E-state index in [1.54, 1.807) is 5.56 Å². The molecule has 2 rings (SSSR count). The van der Waals surface area contributed by atoms with Crippen molar-refractivity contribution in [2.24, 2.45) is 0 Å². The predicted octanol–water partition coefficient (Wildman–Crippen LogP) is -0.205. The Balaban J connectivity index is 2.32. The van der Waals surface area contributed by atoms with Crippen LogP contribution in [0, 0.1) is 0 Å². The average Bonchev–Trinajstić information content (AvgIpc) is 2.39. The number of nitrogens with zero attached hydrogens (tertiary/aromatic N) is 1. The van der Waals surface area contributed by atoms with Crippen LogP contribution in [0.5, 0.6) is 0 Å². The van der Waals surface area contributed by atoms with Gasteiger partial charge in [0, 0.05) is 29.9 Å². The molecule has 0 saturated heterocycles. The lowest BCUT2D eigenvalue weighted by atomic mass is 9.95. The van der Waals surface area contributed by atoms with Gasteiger partial charge in [-0.25, -0.2) is 0 Å². The van der Waals surface area contributed by atoms with Crippen LogP contribution >= 0.6 is 0 Å². The number of benzene rings is 1. The van der Waals surface area contributed by atoms with E-state index in [-0.39, 0.29) is 0 Å². The van der Waals surface area contributed by atoms with Gasteiger partial charge in [-0.2, -0.15) is 0 Å². The van der Waals surface area contributed by atoms with E-state index in [9.17, 15) is 0 Å². The number of hydrogen-bond donors (Lipinski definition) is 2. The maximum Gasteiger partial charge on any atom is 0.163 e. The van der Waals surface area contributed by atoms with Crippen LogP contribution in [0.2, 0.25) is 0 Å². The molecule has 0 fully saturated rings. The molecular weight excluding hydrogens is 222 g/mol. The molecule has 1 aliphatic heterocycles. The molecule has 0 unspecified atom stereocenters. The first kappa shape index (κ1) is 13.4. The largest absolute Gasteiger partial charge is 0.372 e. The second-order valence-electron chi connectivity index (χ2n) is 5.41. The molecule has 0 saturated carbocycles. The number of hydrogen-bond acceptors (Lipinski definition) is 1. The van der Waals surface area contributed by atoms with Crippen LogP contribution in [0.15, 0.2) is 18.2 Å². The van der Waals surface area contributed by atoms with Crippen molar-refractivity contribution in [3.8, 4) is 0 Å². The summed E-state index contributed by atoms with van der Waals surface area (Å²) in [5.41, 5.74) is 4.45. The third-order valence-corrected chi connectivity index (χ3v) is 4.09. The van der Waals surface area contributed by atoms with Gasteiger partial charge in [0.25, 0.3) is 0 Å². The van der Waals surface area contributed by atoms with Crippen molar-refractivity contribution in [2.75, 3.05) is 38.6 Å². The van der Waals surface area contributed by atoms with E-state index in [1.165, 1.54) is 22.7 Å². The summed E-state index contributed by atoms with van der Waals surface area (Å²) in [7, 11) is 4.51. The van der Waals surface area contributed by atoms with Gasteiger partial charge < -0.3 is 15.1 Å². The Morgan fingerprint density at radius 3 is 2.61 bits per heavy atom. The zero-order valence-electron chi connectivity index (χ0n) is 12.2. The number of anilines is 1. The predicted molar refractivity (Wildman–Crippen MR) is 76.1 cm³/mol. The van der Waals surface area contributed by atoms with Crippen molar-refractivity contribution in [3.63, 3.8) is 0 Å². The molecule has 1 atom stereocenters. The van der Waals surface area contributed by atoms with Gasteiger partial charge in [0.05, 0.1) is 14.1 Å². The first-order valence-electron chi connectivity index (χ1n) is 7.16. The van der Waals surface area contributed by atoms with Gasteiger partial charge in [-0.15, -0.1) is 0 Å². The highest BCUT2D eigenvalue weighted by molar-refractivity contribution is 5.51. The number of quaternary nitrogens is 2. The lowest BCUT2D eigenvalue weighted by molar-refractivity contribution is -0.912. The van der Waals surface area contributed by atoms with Crippen LogP contribution in [-0.4, -0.2) is 33.7 Å². The first-order chi connectivity index (χ1) is 8.67. The maximum atomic E-state index is 2.44. The third kappa shape index (κ3) is 2.52. The summed E-state index contributed by atoms with van der Waals surface area (Å²) >= 11 is 0. The Morgan fingerprint density at radius 2 is 2.00 bits per heavy atom. The first-order valence-corrected chi connectivity index (χ1v) is 7.16. The molecule has 100 valence electrons. The Kier molecular flexibility index (Phi) is 4.25. The van der Waals surface area contributed by atoms with Gasteiger partial charge in [-0.3, -0.25) is 0 Å². The number of nitrogens with two attached hydrogens (primary N) is 1. The normalized spacial score (nSPS) is 18.8. The van der Waals surface area contributed by atoms with Crippen molar-refractivity contribution < 1.29 is 10.2 Å². The Labute approximate surface area is 111 Å². The van der Waals surface area contributed by atoms with E-state index in [4.69, 9.17) is 0 Å². The molecule has 1 aromatic carbocycles. The average molecular weight is 249 g/mol. The van der Waals surface area contributed by atoms with Crippen molar-refractivity contribution in [1.82, 2.24) is 0 Å². The fourth-order valence-electron chi connectivity index (χ4n) is 2.97. The summed E-state index contributed by atoms with van der Waals surface area (Å²) in [6.45, 7) is 8.96. The van der Waals surface area contributed by atoms with Gasteiger partial charge in [0.2, 0.25) is 0 Å². The molecule has 18 heavy (non-hydrogen) atoms. The fourth-order valence-corrected chi connectivity index (χ4v) is 2.97. The van der Waals surface area contributed by atoms with Crippen LogP contribution < -0.4 is 15.1 Å². The van der Waals surface area contributed by atoms with Gasteiger partial charge >= 0.3 is 0 Å². The summed E-state index contributed by atoms with van der Waals surface area (Å²) in [4.78, 5) is 3.95. The SMILES string of the molecule is CCN(CC)c1ccc2c(c1)C[NH2+]C[C@H]2[NH+](C)C. The quantitative estimate of drug-likeness (QED) is 0.758. The number of nitrogens with one attached hydrogen (secondary N) is 1. The molecule has 0 spiro atoms. The van der Waals surface area contributed by atoms with E-state index >= 15 is 0 Å². The molecule has 1 heterocycles. The second kappa shape index (κ2) is 5.72. The molecule has 3 heteroatoms. The molecule has 3 nitrogen and oxygen atoms in total. The summed E-state index contributed by atoms with van der Waals surface area (Å²) in [5.74, 6) is 0. The standard InChI is InChI=1S/C15H25N3/c1-5-18(6-2)13-7-8-14-12(9-13)10-16-11-15(14)17(3)4/h7-9,15-16H,5-6,10-11H2,1-4H3/p+2/t15-/m1/s1. The number of fused-ring (bicyclic) bond motifs is 1. The molecule has 0 aromatic heterocycles. The van der Waals surface area contributed by atoms with Crippen molar-refractivity contribution in [1.29, 1.82) is 0 Å². The second-order valence-corrected chi connectivity index (χ2v) is 5.41. The van der Waals surface area contributed by atoms with Gasteiger partial charge in [0.1, 0.15) is 13.1 Å². The highest BCUT2D eigenvalue weighted by atomic mass is 15.1. The molecule has 0 amide bonds. The number of rotatable bonds is 4. The molecule has 0 bridgehead atoms. The van der Waals surface area contributed by atoms with E-state index < -0.39 is 0 Å². The van der Waals surface area contributed by atoms with Gasteiger partial charge in [-0.1, -0.05) is 6.07 Å². The molecule has 1 aliphatic rings.